The van der Waals surface area contributed by atoms with E-state index in [4.69, 9.17) is 0 Å². The summed E-state index contributed by atoms with van der Waals surface area (Å²) in [5, 5.41) is 3.41. The molecule has 5 heteroatoms. The Hall–Kier alpha value is -0.520. The quantitative estimate of drug-likeness (QED) is 0.911. The van der Waals surface area contributed by atoms with Gasteiger partial charge in [-0.25, -0.2) is 0 Å². The molecule has 1 saturated heterocycles. The Labute approximate surface area is 129 Å². The number of carbonyl (C=O) groups excluding carboxylic acids is 1. The van der Waals surface area contributed by atoms with Gasteiger partial charge in [-0.1, -0.05) is 0 Å². The van der Waals surface area contributed by atoms with Gasteiger partial charge < -0.3 is 10.2 Å². The summed E-state index contributed by atoms with van der Waals surface area (Å²) >= 11 is 3.70. The van der Waals surface area contributed by atoms with Crippen LogP contribution < -0.4 is 5.32 Å². The van der Waals surface area contributed by atoms with Gasteiger partial charge in [0.05, 0.1) is 4.88 Å². The number of hydrogen-bond donors (Lipinski definition) is 1. The van der Waals surface area contributed by atoms with E-state index in [1.54, 1.807) is 11.3 Å². The number of carbonyl (C=O) groups is 1. The summed E-state index contributed by atoms with van der Waals surface area (Å²) in [6.07, 6.45) is 4.49. The molecule has 1 aromatic rings. The fourth-order valence-corrected chi connectivity index (χ4v) is 5.34. The Bertz CT molecular complexity index is 455. The summed E-state index contributed by atoms with van der Waals surface area (Å²) in [5.41, 5.74) is 1.39. The lowest BCUT2D eigenvalue weighted by molar-refractivity contribution is 0.0725. The highest BCUT2D eigenvalue weighted by Gasteiger charge is 2.25. The molecule has 0 saturated carbocycles. The van der Waals surface area contributed by atoms with Crippen molar-refractivity contribution < 1.29 is 4.79 Å². The molecule has 1 atom stereocenters. The van der Waals surface area contributed by atoms with Crippen molar-refractivity contribution in [2.24, 2.45) is 0 Å². The molecule has 0 spiro atoms. The normalized spacial score (nSPS) is 22.9. The molecule has 20 heavy (non-hydrogen) atoms. The highest BCUT2D eigenvalue weighted by Crippen LogP contribution is 2.32. The van der Waals surface area contributed by atoms with Crippen LogP contribution in [-0.4, -0.2) is 42.7 Å². The van der Waals surface area contributed by atoms with Gasteiger partial charge >= 0.3 is 0 Å². The highest BCUT2D eigenvalue weighted by atomic mass is 32.2. The fraction of sp³-hybridized carbons (Fsp3) is 0.667. The van der Waals surface area contributed by atoms with E-state index in [-0.39, 0.29) is 5.91 Å². The number of fused-ring (bicyclic) bond motifs is 1. The first-order valence-corrected chi connectivity index (χ1v) is 9.40. The minimum atomic E-state index is 0.223. The standard InChI is InChI=1S/C15H22N2OS2/c1-17(12-3-2-6-16-7-4-12)15(18)14-9-11-10-19-8-5-13(11)20-14/h9,12,16H,2-8,10H2,1H3. The lowest BCUT2D eigenvalue weighted by Gasteiger charge is -2.26. The van der Waals surface area contributed by atoms with Gasteiger partial charge in [0.2, 0.25) is 0 Å². The molecule has 2 aliphatic heterocycles. The van der Waals surface area contributed by atoms with Crippen LogP contribution in [0.2, 0.25) is 0 Å². The van der Waals surface area contributed by atoms with Crippen LogP contribution >= 0.6 is 23.1 Å². The molecular formula is C15H22N2OS2. The molecule has 1 fully saturated rings. The third-order valence-corrected chi connectivity index (χ3v) is 6.48. The molecule has 0 radical (unpaired) electrons. The van der Waals surface area contributed by atoms with Crippen LogP contribution in [0.5, 0.6) is 0 Å². The SMILES string of the molecule is CN(C(=O)c1cc2c(s1)CCSC2)C1CCCNCC1. The Morgan fingerprint density at radius 3 is 3.15 bits per heavy atom. The van der Waals surface area contributed by atoms with Gasteiger partial charge in [-0.2, -0.15) is 11.8 Å². The molecule has 1 amide bonds. The molecule has 3 rings (SSSR count). The number of hydrogen-bond acceptors (Lipinski definition) is 4. The summed E-state index contributed by atoms with van der Waals surface area (Å²) in [6.45, 7) is 2.11. The summed E-state index contributed by atoms with van der Waals surface area (Å²) in [6, 6.07) is 2.53. The topological polar surface area (TPSA) is 32.3 Å². The number of rotatable bonds is 2. The average Bonchev–Trinajstić information content (AvgIpc) is 2.72. The van der Waals surface area contributed by atoms with Gasteiger partial charge in [0.15, 0.2) is 0 Å². The molecule has 0 bridgehead atoms. The lowest BCUT2D eigenvalue weighted by atomic mass is 10.1. The Kier molecular flexibility index (Phi) is 4.68. The van der Waals surface area contributed by atoms with E-state index in [1.165, 1.54) is 22.6 Å². The molecule has 1 N–H and O–H groups in total. The summed E-state index contributed by atoms with van der Waals surface area (Å²) in [4.78, 5) is 17.0. The van der Waals surface area contributed by atoms with Gasteiger partial charge in [0, 0.05) is 23.7 Å². The molecule has 0 aliphatic carbocycles. The summed E-state index contributed by atoms with van der Waals surface area (Å²) in [5.74, 6) is 2.50. The summed E-state index contributed by atoms with van der Waals surface area (Å²) in [7, 11) is 1.98. The van der Waals surface area contributed by atoms with Crippen LogP contribution in [-0.2, 0) is 12.2 Å². The molecule has 3 nitrogen and oxygen atoms in total. The van der Waals surface area contributed by atoms with Crippen LogP contribution in [0.3, 0.4) is 0 Å². The molecule has 110 valence electrons. The van der Waals surface area contributed by atoms with Crippen molar-refractivity contribution in [2.45, 2.75) is 37.5 Å². The van der Waals surface area contributed by atoms with E-state index < -0.39 is 0 Å². The molecule has 3 heterocycles. The van der Waals surface area contributed by atoms with Gasteiger partial charge in [-0.15, -0.1) is 11.3 Å². The third kappa shape index (κ3) is 3.05. The first-order valence-electron chi connectivity index (χ1n) is 7.43. The maximum atomic E-state index is 12.7. The van der Waals surface area contributed by atoms with Crippen molar-refractivity contribution in [1.82, 2.24) is 10.2 Å². The minimum absolute atomic E-state index is 0.223. The van der Waals surface area contributed by atoms with Crippen LogP contribution in [0.4, 0.5) is 0 Å². The van der Waals surface area contributed by atoms with Crippen molar-refractivity contribution in [1.29, 1.82) is 0 Å². The number of nitrogens with zero attached hydrogens (tertiary/aromatic N) is 1. The van der Waals surface area contributed by atoms with E-state index in [0.717, 1.165) is 43.0 Å². The van der Waals surface area contributed by atoms with Gasteiger partial charge in [0.1, 0.15) is 0 Å². The molecule has 2 aliphatic rings. The smallest absolute Gasteiger partial charge is 0.263 e. The Morgan fingerprint density at radius 2 is 2.30 bits per heavy atom. The Balaban J connectivity index is 1.72. The highest BCUT2D eigenvalue weighted by molar-refractivity contribution is 7.98. The summed E-state index contributed by atoms with van der Waals surface area (Å²) < 4.78 is 0. The van der Waals surface area contributed by atoms with Gasteiger partial charge in [0.25, 0.3) is 5.91 Å². The van der Waals surface area contributed by atoms with E-state index in [2.05, 4.69) is 11.4 Å². The monoisotopic (exact) mass is 310 g/mol. The minimum Gasteiger partial charge on any atom is -0.338 e. The predicted molar refractivity (Wildman–Crippen MR) is 86.8 cm³/mol. The third-order valence-electron chi connectivity index (χ3n) is 4.25. The van der Waals surface area contributed by atoms with Crippen molar-refractivity contribution in [3.63, 3.8) is 0 Å². The molecule has 1 unspecified atom stereocenters. The van der Waals surface area contributed by atoms with Crippen molar-refractivity contribution in [2.75, 3.05) is 25.9 Å². The van der Waals surface area contributed by atoms with Crippen LogP contribution in [0, 0.1) is 0 Å². The molecule has 0 aromatic carbocycles. The van der Waals surface area contributed by atoms with Crippen molar-refractivity contribution >= 4 is 29.0 Å². The lowest BCUT2D eigenvalue weighted by Crippen LogP contribution is -2.37. The van der Waals surface area contributed by atoms with E-state index in [9.17, 15) is 4.79 Å². The second-order valence-corrected chi connectivity index (χ2v) is 7.85. The number of amides is 1. The number of thioether (sulfide) groups is 1. The average molecular weight is 310 g/mol. The number of thiophene rings is 1. The van der Waals surface area contributed by atoms with Crippen molar-refractivity contribution in [3.8, 4) is 0 Å². The number of nitrogens with one attached hydrogen (secondary N) is 1. The molecule has 1 aromatic heterocycles. The van der Waals surface area contributed by atoms with Gasteiger partial charge in [-0.3, -0.25) is 4.79 Å². The predicted octanol–water partition coefficient (Wildman–Crippen LogP) is 2.75. The van der Waals surface area contributed by atoms with Crippen molar-refractivity contribution in [3.05, 3.63) is 21.4 Å². The van der Waals surface area contributed by atoms with E-state index in [0.29, 0.717) is 6.04 Å². The van der Waals surface area contributed by atoms with Crippen LogP contribution in [0.1, 0.15) is 39.4 Å². The largest absolute Gasteiger partial charge is 0.338 e. The van der Waals surface area contributed by atoms with Crippen LogP contribution in [0.15, 0.2) is 6.07 Å². The zero-order valence-corrected chi connectivity index (χ0v) is 13.6. The maximum absolute atomic E-state index is 12.7. The van der Waals surface area contributed by atoms with Gasteiger partial charge in [-0.05, 0) is 56.2 Å². The second-order valence-electron chi connectivity index (χ2n) is 5.61. The zero-order chi connectivity index (χ0) is 13.9. The fourth-order valence-electron chi connectivity index (χ4n) is 2.98. The maximum Gasteiger partial charge on any atom is 0.263 e. The van der Waals surface area contributed by atoms with E-state index >= 15 is 0 Å². The first-order chi connectivity index (χ1) is 9.75. The van der Waals surface area contributed by atoms with E-state index in [1.807, 2.05) is 23.7 Å². The Morgan fingerprint density at radius 1 is 1.40 bits per heavy atom. The number of aryl methyl sites for hydroxylation is 1. The zero-order valence-electron chi connectivity index (χ0n) is 12.0. The molecular weight excluding hydrogens is 288 g/mol. The second kappa shape index (κ2) is 6.50. The van der Waals surface area contributed by atoms with Crippen LogP contribution in [0.25, 0.3) is 0 Å². The first kappa shape index (κ1) is 14.4.